The van der Waals surface area contributed by atoms with Gasteiger partial charge in [-0.05, 0) is 60.5 Å². The molecule has 3 aromatic carbocycles. The molecule has 5 heteroatoms. The lowest BCUT2D eigenvalue weighted by molar-refractivity contribution is 0.0767. The van der Waals surface area contributed by atoms with Crippen molar-refractivity contribution in [3.8, 4) is 11.8 Å². The Kier molecular flexibility index (Phi) is 6.49. The molecule has 156 valence electrons. The van der Waals surface area contributed by atoms with Crippen LogP contribution in [0, 0.1) is 11.3 Å². The molecule has 0 radical (unpaired) electrons. The maximum atomic E-state index is 13.0. The van der Waals surface area contributed by atoms with Crippen LogP contribution in [0.1, 0.15) is 27.9 Å². The van der Waals surface area contributed by atoms with Crippen molar-refractivity contribution < 1.29 is 9.53 Å². The fourth-order valence-electron chi connectivity index (χ4n) is 3.74. The van der Waals surface area contributed by atoms with Gasteiger partial charge in [0, 0.05) is 37.4 Å². The van der Waals surface area contributed by atoms with Gasteiger partial charge in [-0.25, -0.2) is 0 Å². The fraction of sp³-hybridized carbons (Fsp3) is 0.231. The molecule has 1 saturated heterocycles. The smallest absolute Gasteiger partial charge is 0.253 e. The Bertz CT molecular complexity index is 1040. The molecule has 5 nitrogen and oxygen atoms in total. The third-order valence-electron chi connectivity index (χ3n) is 5.49. The number of carbonyl (C=O) groups excluding carboxylic acids is 1. The maximum absolute atomic E-state index is 13.0. The molecule has 3 aromatic rings. The first-order chi connectivity index (χ1) is 15.2. The van der Waals surface area contributed by atoms with Gasteiger partial charge < -0.3 is 14.5 Å². The molecule has 1 amide bonds. The molecule has 4 rings (SSSR count). The molecule has 1 heterocycles. The molecule has 0 unspecified atom stereocenters. The first-order valence-electron chi connectivity index (χ1n) is 10.5. The van der Waals surface area contributed by atoms with Crippen molar-refractivity contribution >= 4 is 11.6 Å². The van der Waals surface area contributed by atoms with Gasteiger partial charge in [0.1, 0.15) is 12.4 Å². The van der Waals surface area contributed by atoms with Crippen molar-refractivity contribution in [2.45, 2.75) is 13.0 Å². The summed E-state index contributed by atoms with van der Waals surface area (Å²) < 4.78 is 5.82. The van der Waals surface area contributed by atoms with Crippen LogP contribution < -0.4 is 9.64 Å². The SMILES string of the molecule is N#Cc1ccc(N2CCCN(C(=O)c3ccc(OCc4ccccc4)cc3)CC2)cc1. The Morgan fingerprint density at radius 1 is 0.871 bits per heavy atom. The maximum Gasteiger partial charge on any atom is 0.253 e. The molecule has 1 aliphatic rings. The molecule has 0 N–H and O–H groups in total. The number of hydrogen-bond donors (Lipinski definition) is 0. The summed E-state index contributed by atoms with van der Waals surface area (Å²) in [6.45, 7) is 3.58. The highest BCUT2D eigenvalue weighted by Crippen LogP contribution is 2.19. The number of carbonyl (C=O) groups is 1. The highest BCUT2D eigenvalue weighted by Gasteiger charge is 2.20. The molecular formula is C26H25N3O2. The van der Waals surface area contributed by atoms with Crippen molar-refractivity contribution in [2.75, 3.05) is 31.1 Å². The van der Waals surface area contributed by atoms with E-state index in [0.29, 0.717) is 24.3 Å². The zero-order valence-electron chi connectivity index (χ0n) is 17.4. The average Bonchev–Trinajstić information content (AvgIpc) is 3.10. The standard InChI is InChI=1S/C26H25N3O2/c27-19-21-7-11-24(12-8-21)28-15-4-16-29(18-17-28)26(30)23-9-13-25(14-10-23)31-20-22-5-2-1-3-6-22/h1-3,5-14H,4,15-18,20H2. The second kappa shape index (κ2) is 9.82. The summed E-state index contributed by atoms with van der Waals surface area (Å²) in [4.78, 5) is 17.2. The Morgan fingerprint density at radius 3 is 2.32 bits per heavy atom. The molecule has 0 atom stereocenters. The van der Waals surface area contributed by atoms with Gasteiger partial charge in [-0.2, -0.15) is 5.26 Å². The summed E-state index contributed by atoms with van der Waals surface area (Å²) in [5, 5.41) is 8.97. The summed E-state index contributed by atoms with van der Waals surface area (Å²) >= 11 is 0. The summed E-state index contributed by atoms with van der Waals surface area (Å²) in [6, 6.07) is 27.2. The molecule has 31 heavy (non-hydrogen) atoms. The van der Waals surface area contributed by atoms with Crippen molar-refractivity contribution in [1.29, 1.82) is 5.26 Å². The Morgan fingerprint density at radius 2 is 1.61 bits per heavy atom. The van der Waals surface area contributed by atoms with Gasteiger partial charge in [-0.3, -0.25) is 4.79 Å². The highest BCUT2D eigenvalue weighted by atomic mass is 16.5. The van der Waals surface area contributed by atoms with Gasteiger partial charge >= 0.3 is 0 Å². The lowest BCUT2D eigenvalue weighted by Gasteiger charge is -2.24. The Hall–Kier alpha value is -3.78. The van der Waals surface area contributed by atoms with Crippen LogP contribution in [-0.2, 0) is 6.61 Å². The number of ether oxygens (including phenoxy) is 1. The number of hydrogen-bond acceptors (Lipinski definition) is 4. The number of nitriles is 1. The minimum absolute atomic E-state index is 0.0521. The van der Waals surface area contributed by atoms with E-state index in [-0.39, 0.29) is 5.91 Å². The molecular weight excluding hydrogens is 386 g/mol. The van der Waals surface area contributed by atoms with E-state index in [9.17, 15) is 4.79 Å². The molecule has 1 aliphatic heterocycles. The Balaban J connectivity index is 1.34. The number of benzene rings is 3. The van der Waals surface area contributed by atoms with Gasteiger partial charge in [0.15, 0.2) is 0 Å². The van der Waals surface area contributed by atoms with Crippen molar-refractivity contribution in [3.63, 3.8) is 0 Å². The van der Waals surface area contributed by atoms with Crippen molar-refractivity contribution in [1.82, 2.24) is 4.90 Å². The van der Waals surface area contributed by atoms with E-state index in [0.717, 1.165) is 43.1 Å². The quantitative estimate of drug-likeness (QED) is 0.621. The summed E-state index contributed by atoms with van der Waals surface area (Å²) in [6.07, 6.45) is 0.907. The topological polar surface area (TPSA) is 56.6 Å². The van der Waals surface area contributed by atoms with Crippen molar-refractivity contribution in [3.05, 3.63) is 95.6 Å². The minimum Gasteiger partial charge on any atom is -0.489 e. The molecule has 0 bridgehead atoms. The molecule has 0 aliphatic carbocycles. The largest absolute Gasteiger partial charge is 0.489 e. The third kappa shape index (κ3) is 5.23. The van der Waals surface area contributed by atoms with Crippen LogP contribution in [0.25, 0.3) is 0 Å². The first kappa shape index (κ1) is 20.5. The van der Waals surface area contributed by atoms with E-state index in [1.54, 1.807) is 0 Å². The Labute approximate surface area is 183 Å². The van der Waals surface area contributed by atoms with Crippen LogP contribution >= 0.6 is 0 Å². The number of amides is 1. The van der Waals surface area contributed by atoms with Crippen LogP contribution in [0.5, 0.6) is 5.75 Å². The first-order valence-corrected chi connectivity index (χ1v) is 10.5. The van der Waals surface area contributed by atoms with Crippen LogP contribution in [-0.4, -0.2) is 37.0 Å². The zero-order valence-corrected chi connectivity index (χ0v) is 17.4. The van der Waals surface area contributed by atoms with E-state index < -0.39 is 0 Å². The van der Waals surface area contributed by atoms with Gasteiger partial charge in [-0.1, -0.05) is 30.3 Å². The van der Waals surface area contributed by atoms with E-state index in [1.165, 1.54) is 0 Å². The van der Waals surface area contributed by atoms with Crippen LogP contribution in [0.2, 0.25) is 0 Å². The van der Waals surface area contributed by atoms with Gasteiger partial charge in [-0.15, -0.1) is 0 Å². The number of anilines is 1. The minimum atomic E-state index is 0.0521. The van der Waals surface area contributed by atoms with Crippen LogP contribution in [0.3, 0.4) is 0 Å². The third-order valence-corrected chi connectivity index (χ3v) is 5.49. The normalized spacial score (nSPS) is 13.9. The van der Waals surface area contributed by atoms with Crippen LogP contribution in [0.4, 0.5) is 5.69 Å². The number of nitrogens with zero attached hydrogens (tertiary/aromatic N) is 3. The molecule has 0 spiro atoms. The average molecular weight is 412 g/mol. The van der Waals surface area contributed by atoms with Crippen molar-refractivity contribution in [2.24, 2.45) is 0 Å². The zero-order chi connectivity index (χ0) is 21.5. The van der Waals surface area contributed by atoms with Crippen LogP contribution in [0.15, 0.2) is 78.9 Å². The predicted octanol–water partition coefficient (Wildman–Crippen LogP) is 4.49. The second-order valence-electron chi connectivity index (χ2n) is 7.59. The summed E-state index contributed by atoms with van der Waals surface area (Å²) in [7, 11) is 0. The lowest BCUT2D eigenvalue weighted by Crippen LogP contribution is -2.35. The van der Waals surface area contributed by atoms with Gasteiger partial charge in [0.05, 0.1) is 11.6 Å². The van der Waals surface area contributed by atoms with Gasteiger partial charge in [0.25, 0.3) is 5.91 Å². The molecule has 0 saturated carbocycles. The molecule has 1 fully saturated rings. The monoisotopic (exact) mass is 411 g/mol. The predicted molar refractivity (Wildman–Crippen MR) is 121 cm³/mol. The van der Waals surface area contributed by atoms with E-state index in [4.69, 9.17) is 10.00 Å². The second-order valence-corrected chi connectivity index (χ2v) is 7.59. The van der Waals surface area contributed by atoms with Gasteiger partial charge in [0.2, 0.25) is 0 Å². The lowest BCUT2D eigenvalue weighted by atomic mass is 10.2. The van der Waals surface area contributed by atoms with E-state index >= 15 is 0 Å². The fourth-order valence-corrected chi connectivity index (χ4v) is 3.74. The molecule has 0 aromatic heterocycles. The van der Waals surface area contributed by atoms with E-state index in [2.05, 4.69) is 11.0 Å². The number of rotatable bonds is 5. The highest BCUT2D eigenvalue weighted by molar-refractivity contribution is 5.94. The summed E-state index contributed by atoms with van der Waals surface area (Å²) in [5.41, 5.74) is 3.54. The summed E-state index contributed by atoms with van der Waals surface area (Å²) in [5.74, 6) is 0.805. The van der Waals surface area contributed by atoms with E-state index in [1.807, 2.05) is 83.8 Å².